The van der Waals surface area contributed by atoms with Crippen LogP contribution in [0.1, 0.15) is 5.56 Å². The van der Waals surface area contributed by atoms with Crippen molar-refractivity contribution in [1.82, 2.24) is 9.62 Å². The fourth-order valence-corrected chi connectivity index (χ4v) is 2.18. The molecule has 102 valence electrons. The first-order valence-electron chi connectivity index (χ1n) is 5.31. The van der Waals surface area contributed by atoms with Crippen molar-refractivity contribution >= 4 is 22.0 Å². The molecular formula is C12H14N2O4S. The Bertz CT molecular complexity index is 605. The van der Waals surface area contributed by atoms with Gasteiger partial charge in [-0.25, -0.2) is 17.9 Å². The van der Waals surface area contributed by atoms with E-state index in [2.05, 4.69) is 6.58 Å². The first-order chi connectivity index (χ1) is 8.77. The molecule has 0 fully saturated rings. The molecule has 0 aromatic heterocycles. The largest absolute Gasteiger partial charge is 0.337 e. The minimum atomic E-state index is -3.99. The molecule has 0 bridgehead atoms. The Morgan fingerprint density at radius 2 is 1.79 bits per heavy atom. The number of hydrogen-bond donors (Lipinski definition) is 1. The van der Waals surface area contributed by atoms with Crippen LogP contribution in [0.15, 0.2) is 41.8 Å². The molecule has 0 radical (unpaired) electrons. The highest BCUT2D eigenvalue weighted by Crippen LogP contribution is 2.10. The summed E-state index contributed by atoms with van der Waals surface area (Å²) in [6, 6.07) is 4.93. The molecule has 0 saturated carbocycles. The molecule has 0 unspecified atom stereocenters. The maximum Gasteiger partial charge on any atom is 0.337 e. The van der Waals surface area contributed by atoms with E-state index in [-0.39, 0.29) is 4.90 Å². The number of nitrogens with zero attached hydrogens (tertiary/aromatic N) is 1. The number of imide groups is 1. The molecule has 0 spiro atoms. The van der Waals surface area contributed by atoms with E-state index >= 15 is 0 Å². The highest BCUT2D eigenvalue weighted by Gasteiger charge is 2.22. The standard InChI is InChI=1S/C12H14N2O4S/c1-4-11(15)14(3)12(16)13-19(17,18)10-7-5-9(2)6-8-10/h4-8H,1H2,2-3H3,(H,13,16). The lowest BCUT2D eigenvalue weighted by atomic mass is 10.2. The average Bonchev–Trinajstić information content (AvgIpc) is 2.36. The molecule has 0 aliphatic rings. The minimum absolute atomic E-state index is 0.0501. The van der Waals surface area contributed by atoms with Crippen LogP contribution in [-0.4, -0.2) is 32.3 Å². The maximum absolute atomic E-state index is 11.9. The quantitative estimate of drug-likeness (QED) is 0.839. The molecule has 1 aromatic carbocycles. The van der Waals surface area contributed by atoms with Crippen molar-refractivity contribution in [3.05, 3.63) is 42.5 Å². The summed E-state index contributed by atoms with van der Waals surface area (Å²) in [7, 11) is -2.83. The van der Waals surface area contributed by atoms with Gasteiger partial charge in [-0.1, -0.05) is 24.3 Å². The second-order valence-electron chi connectivity index (χ2n) is 3.83. The summed E-state index contributed by atoms with van der Waals surface area (Å²) in [5, 5.41) is 0. The summed E-state index contributed by atoms with van der Waals surface area (Å²) in [6.45, 7) is 5.02. The average molecular weight is 282 g/mol. The van der Waals surface area contributed by atoms with Crippen LogP contribution in [0, 0.1) is 6.92 Å². The number of aryl methyl sites for hydroxylation is 1. The van der Waals surface area contributed by atoms with Crippen molar-refractivity contribution in [3.63, 3.8) is 0 Å². The summed E-state index contributed by atoms with van der Waals surface area (Å²) in [6.07, 6.45) is 0.915. The van der Waals surface area contributed by atoms with Crippen LogP contribution in [-0.2, 0) is 14.8 Å². The van der Waals surface area contributed by atoms with Crippen LogP contribution in [0.4, 0.5) is 4.79 Å². The molecule has 1 aromatic rings. The fourth-order valence-electron chi connectivity index (χ4n) is 1.20. The van der Waals surface area contributed by atoms with Gasteiger partial charge in [-0.2, -0.15) is 0 Å². The van der Waals surface area contributed by atoms with Gasteiger partial charge in [-0.15, -0.1) is 0 Å². The van der Waals surface area contributed by atoms with Crippen LogP contribution in [0.5, 0.6) is 0 Å². The Hall–Kier alpha value is -2.15. The monoisotopic (exact) mass is 282 g/mol. The zero-order chi connectivity index (χ0) is 14.6. The normalized spacial score (nSPS) is 10.6. The molecule has 19 heavy (non-hydrogen) atoms. The second-order valence-corrected chi connectivity index (χ2v) is 5.51. The molecule has 1 rings (SSSR count). The Balaban J connectivity index is 2.92. The number of sulfonamides is 1. The molecule has 0 aliphatic heterocycles. The third-order valence-corrected chi connectivity index (χ3v) is 3.70. The molecule has 0 saturated heterocycles. The SMILES string of the molecule is C=CC(=O)N(C)C(=O)NS(=O)(=O)c1ccc(C)cc1. The van der Waals surface area contributed by atoms with E-state index in [9.17, 15) is 18.0 Å². The van der Waals surface area contributed by atoms with Crippen molar-refractivity contribution < 1.29 is 18.0 Å². The van der Waals surface area contributed by atoms with Gasteiger partial charge in [-0.3, -0.25) is 9.69 Å². The highest BCUT2D eigenvalue weighted by atomic mass is 32.2. The van der Waals surface area contributed by atoms with Crippen molar-refractivity contribution in [2.45, 2.75) is 11.8 Å². The summed E-state index contributed by atoms with van der Waals surface area (Å²) in [5.74, 6) is -0.698. The van der Waals surface area contributed by atoms with Crippen molar-refractivity contribution in [1.29, 1.82) is 0 Å². The summed E-state index contributed by atoms with van der Waals surface area (Å²) in [5.41, 5.74) is 0.893. The van der Waals surface area contributed by atoms with Crippen LogP contribution >= 0.6 is 0 Å². The smallest absolute Gasteiger partial charge is 0.269 e. The lowest BCUT2D eigenvalue weighted by Crippen LogP contribution is -2.43. The van der Waals surface area contributed by atoms with E-state index in [1.807, 2.05) is 6.92 Å². The molecule has 6 nitrogen and oxygen atoms in total. The predicted molar refractivity (Wildman–Crippen MR) is 69.9 cm³/mol. The van der Waals surface area contributed by atoms with Gasteiger partial charge in [0.15, 0.2) is 0 Å². The lowest BCUT2D eigenvalue weighted by molar-refractivity contribution is -0.122. The lowest BCUT2D eigenvalue weighted by Gasteiger charge is -2.14. The van der Waals surface area contributed by atoms with Gasteiger partial charge in [0.2, 0.25) is 0 Å². The molecular weight excluding hydrogens is 268 g/mol. The van der Waals surface area contributed by atoms with E-state index < -0.39 is 22.0 Å². The topological polar surface area (TPSA) is 83.6 Å². The molecule has 0 heterocycles. The summed E-state index contributed by atoms with van der Waals surface area (Å²) >= 11 is 0. The Kier molecular flexibility index (Phi) is 4.44. The number of benzene rings is 1. The number of nitrogens with one attached hydrogen (secondary N) is 1. The molecule has 0 atom stereocenters. The van der Waals surface area contributed by atoms with Gasteiger partial charge in [0, 0.05) is 7.05 Å². The number of rotatable bonds is 3. The molecule has 7 heteroatoms. The van der Waals surface area contributed by atoms with E-state index in [1.165, 1.54) is 12.1 Å². The van der Waals surface area contributed by atoms with E-state index in [1.54, 1.807) is 16.9 Å². The first kappa shape index (κ1) is 14.9. The zero-order valence-corrected chi connectivity index (χ0v) is 11.4. The number of likely N-dealkylation sites (N-methyl/N-ethyl adjacent to an activating group) is 1. The maximum atomic E-state index is 11.9. The highest BCUT2D eigenvalue weighted by molar-refractivity contribution is 7.90. The van der Waals surface area contributed by atoms with Gasteiger partial charge < -0.3 is 0 Å². The Labute approximate surface area is 111 Å². The van der Waals surface area contributed by atoms with Crippen molar-refractivity contribution in [2.24, 2.45) is 0 Å². The van der Waals surface area contributed by atoms with Gasteiger partial charge in [-0.05, 0) is 25.1 Å². The second kappa shape index (κ2) is 5.66. The van der Waals surface area contributed by atoms with E-state index in [4.69, 9.17) is 0 Å². The van der Waals surface area contributed by atoms with Gasteiger partial charge >= 0.3 is 6.03 Å². The van der Waals surface area contributed by atoms with Crippen molar-refractivity contribution in [3.8, 4) is 0 Å². The number of urea groups is 1. The number of hydrogen-bond acceptors (Lipinski definition) is 4. The van der Waals surface area contributed by atoms with Crippen LogP contribution < -0.4 is 4.72 Å². The molecule has 0 aliphatic carbocycles. The van der Waals surface area contributed by atoms with Gasteiger partial charge in [0.05, 0.1) is 4.90 Å². The number of carbonyl (C=O) groups excluding carboxylic acids is 2. The Morgan fingerprint density at radius 3 is 2.26 bits per heavy atom. The van der Waals surface area contributed by atoms with Gasteiger partial charge in [0.25, 0.3) is 15.9 Å². The molecule has 1 N–H and O–H groups in total. The van der Waals surface area contributed by atoms with E-state index in [0.29, 0.717) is 4.90 Å². The van der Waals surface area contributed by atoms with Gasteiger partial charge in [0.1, 0.15) is 0 Å². The summed E-state index contributed by atoms with van der Waals surface area (Å²) in [4.78, 5) is 23.3. The number of amides is 3. The van der Waals surface area contributed by atoms with Crippen LogP contribution in [0.2, 0.25) is 0 Å². The Morgan fingerprint density at radius 1 is 1.26 bits per heavy atom. The van der Waals surface area contributed by atoms with E-state index in [0.717, 1.165) is 18.7 Å². The third-order valence-electron chi connectivity index (χ3n) is 2.36. The third kappa shape index (κ3) is 3.65. The first-order valence-corrected chi connectivity index (χ1v) is 6.80. The fraction of sp³-hybridized carbons (Fsp3) is 0.167. The van der Waals surface area contributed by atoms with Crippen LogP contribution in [0.25, 0.3) is 0 Å². The minimum Gasteiger partial charge on any atom is -0.269 e. The molecule has 3 amide bonds. The van der Waals surface area contributed by atoms with Crippen LogP contribution in [0.3, 0.4) is 0 Å². The predicted octanol–water partition coefficient (Wildman–Crippen LogP) is 1.04. The zero-order valence-electron chi connectivity index (χ0n) is 10.6. The summed E-state index contributed by atoms with van der Waals surface area (Å²) < 4.78 is 25.5. The van der Waals surface area contributed by atoms with Crippen molar-refractivity contribution in [2.75, 3.05) is 7.05 Å². The number of carbonyl (C=O) groups is 2.